The van der Waals surface area contributed by atoms with E-state index in [1.807, 2.05) is 4.57 Å². The zero-order valence-electron chi connectivity index (χ0n) is 15.3. The second-order valence-electron chi connectivity index (χ2n) is 7.25. The third-order valence-electron chi connectivity index (χ3n) is 4.59. The Balaban J connectivity index is 0.00000288. The van der Waals surface area contributed by atoms with Gasteiger partial charge >= 0.3 is 0 Å². The molecule has 0 aromatic carbocycles. The number of hydrogen-bond donors (Lipinski definition) is 2. The van der Waals surface area contributed by atoms with Gasteiger partial charge in [-0.3, -0.25) is 4.99 Å². The lowest BCUT2D eigenvalue weighted by molar-refractivity contribution is 0.216. The van der Waals surface area contributed by atoms with Crippen molar-refractivity contribution in [2.24, 2.45) is 10.4 Å². The van der Waals surface area contributed by atoms with Crippen molar-refractivity contribution in [2.75, 3.05) is 13.1 Å². The number of rotatable bonds is 7. The number of nitrogens with one attached hydrogen (secondary N) is 2. The fourth-order valence-electron chi connectivity index (χ4n) is 2.99. The maximum atomic E-state index is 4.72. The highest BCUT2D eigenvalue weighted by Crippen LogP contribution is 2.34. The van der Waals surface area contributed by atoms with Gasteiger partial charge in [0.1, 0.15) is 12.7 Å². The van der Waals surface area contributed by atoms with E-state index in [2.05, 4.69) is 41.6 Å². The van der Waals surface area contributed by atoms with E-state index in [0.717, 1.165) is 38.4 Å². The SMILES string of the molecule is CCNC(=NCCCCn1cnnc1)NC1CCC(C)(C)CC1.I. The van der Waals surface area contributed by atoms with Gasteiger partial charge in [-0.05, 0) is 50.9 Å². The Labute approximate surface area is 163 Å². The lowest BCUT2D eigenvalue weighted by atomic mass is 9.75. The molecule has 0 saturated heterocycles. The third kappa shape index (κ3) is 7.81. The van der Waals surface area contributed by atoms with Gasteiger partial charge in [0.25, 0.3) is 0 Å². The number of guanidine groups is 1. The first-order chi connectivity index (χ1) is 11.1. The molecule has 0 amide bonds. The molecule has 1 heterocycles. The topological polar surface area (TPSA) is 67.1 Å². The van der Waals surface area contributed by atoms with Crippen LogP contribution >= 0.6 is 24.0 Å². The van der Waals surface area contributed by atoms with E-state index in [9.17, 15) is 0 Å². The molecule has 0 aliphatic heterocycles. The maximum absolute atomic E-state index is 4.72. The third-order valence-corrected chi connectivity index (χ3v) is 4.59. The van der Waals surface area contributed by atoms with Crippen LogP contribution in [0.5, 0.6) is 0 Å². The van der Waals surface area contributed by atoms with Gasteiger partial charge in [0, 0.05) is 25.7 Å². The summed E-state index contributed by atoms with van der Waals surface area (Å²) in [4.78, 5) is 4.72. The van der Waals surface area contributed by atoms with Crippen molar-refractivity contribution in [3.63, 3.8) is 0 Å². The minimum Gasteiger partial charge on any atom is -0.357 e. The summed E-state index contributed by atoms with van der Waals surface area (Å²) in [5, 5.41) is 14.6. The van der Waals surface area contributed by atoms with E-state index in [-0.39, 0.29) is 24.0 Å². The first-order valence-corrected chi connectivity index (χ1v) is 8.96. The van der Waals surface area contributed by atoms with Crippen molar-refractivity contribution in [3.05, 3.63) is 12.7 Å². The summed E-state index contributed by atoms with van der Waals surface area (Å²) in [7, 11) is 0. The van der Waals surface area contributed by atoms with Crippen LogP contribution in [0, 0.1) is 5.41 Å². The van der Waals surface area contributed by atoms with Crippen LogP contribution in [0.3, 0.4) is 0 Å². The summed E-state index contributed by atoms with van der Waals surface area (Å²) < 4.78 is 2.01. The van der Waals surface area contributed by atoms with E-state index < -0.39 is 0 Å². The molecule has 2 rings (SSSR count). The molecule has 0 radical (unpaired) electrons. The first-order valence-electron chi connectivity index (χ1n) is 8.96. The zero-order chi connectivity index (χ0) is 16.5. The largest absolute Gasteiger partial charge is 0.357 e. The van der Waals surface area contributed by atoms with Crippen molar-refractivity contribution in [1.29, 1.82) is 0 Å². The van der Waals surface area contributed by atoms with Gasteiger partial charge in [-0.1, -0.05) is 13.8 Å². The van der Waals surface area contributed by atoms with Crippen molar-refractivity contribution in [1.82, 2.24) is 25.4 Å². The minimum absolute atomic E-state index is 0. The number of aliphatic imine (C=N–C) groups is 1. The number of hydrogen-bond acceptors (Lipinski definition) is 3. The lowest BCUT2D eigenvalue weighted by Gasteiger charge is -2.35. The summed E-state index contributed by atoms with van der Waals surface area (Å²) in [6, 6.07) is 0.567. The Kier molecular flexibility index (Phi) is 9.61. The highest BCUT2D eigenvalue weighted by molar-refractivity contribution is 14.0. The molecule has 1 aromatic rings. The van der Waals surface area contributed by atoms with Crippen LogP contribution in [0.4, 0.5) is 0 Å². The molecular weight excluding hydrogens is 415 g/mol. The summed E-state index contributed by atoms with van der Waals surface area (Å²) in [5.41, 5.74) is 0.510. The number of nitrogens with zero attached hydrogens (tertiary/aromatic N) is 4. The molecular formula is C17H33IN6. The molecule has 1 aliphatic rings. The van der Waals surface area contributed by atoms with Crippen molar-refractivity contribution < 1.29 is 0 Å². The molecule has 0 atom stereocenters. The smallest absolute Gasteiger partial charge is 0.191 e. The molecule has 6 nitrogen and oxygen atoms in total. The van der Waals surface area contributed by atoms with E-state index in [1.54, 1.807) is 12.7 Å². The maximum Gasteiger partial charge on any atom is 0.191 e. The Bertz CT molecular complexity index is 461. The summed E-state index contributed by atoms with van der Waals surface area (Å²) in [6.45, 7) is 9.59. The van der Waals surface area contributed by atoms with Crippen LogP contribution in [-0.4, -0.2) is 39.9 Å². The predicted molar refractivity (Wildman–Crippen MR) is 110 cm³/mol. The van der Waals surface area contributed by atoms with E-state index in [1.165, 1.54) is 25.7 Å². The Morgan fingerprint density at radius 3 is 2.50 bits per heavy atom. The zero-order valence-corrected chi connectivity index (χ0v) is 17.6. The highest BCUT2D eigenvalue weighted by atomic mass is 127. The van der Waals surface area contributed by atoms with E-state index in [4.69, 9.17) is 4.99 Å². The first kappa shape index (κ1) is 21.2. The summed E-state index contributed by atoms with van der Waals surface area (Å²) in [6.07, 6.45) is 10.8. The lowest BCUT2D eigenvalue weighted by Crippen LogP contribution is -2.45. The quantitative estimate of drug-likeness (QED) is 0.291. The Hall–Kier alpha value is -0.860. The minimum atomic E-state index is 0. The standard InChI is InChI=1S/C17H32N6.HI/c1-4-18-16(22-15-7-9-17(2,3)10-8-15)19-11-5-6-12-23-13-20-21-14-23;/h13-15H,4-12H2,1-3H3,(H2,18,19,22);1H. The molecule has 7 heteroatoms. The van der Waals surface area contributed by atoms with Crippen molar-refractivity contribution >= 4 is 29.9 Å². The monoisotopic (exact) mass is 448 g/mol. The molecule has 1 fully saturated rings. The predicted octanol–water partition coefficient (Wildman–Crippen LogP) is 3.20. The highest BCUT2D eigenvalue weighted by Gasteiger charge is 2.27. The molecule has 1 saturated carbocycles. The van der Waals surface area contributed by atoms with Gasteiger partial charge in [0.2, 0.25) is 0 Å². The summed E-state index contributed by atoms with van der Waals surface area (Å²) in [5.74, 6) is 0.974. The van der Waals surface area contributed by atoms with Crippen molar-refractivity contribution in [2.45, 2.75) is 71.9 Å². The number of halogens is 1. The van der Waals surface area contributed by atoms with Gasteiger partial charge in [-0.15, -0.1) is 34.2 Å². The number of unbranched alkanes of at least 4 members (excludes halogenated alkanes) is 1. The molecule has 0 bridgehead atoms. The number of aryl methyl sites for hydroxylation is 1. The molecule has 1 aromatic heterocycles. The average molecular weight is 448 g/mol. The summed E-state index contributed by atoms with van der Waals surface area (Å²) >= 11 is 0. The Morgan fingerprint density at radius 1 is 1.21 bits per heavy atom. The fraction of sp³-hybridized carbons (Fsp3) is 0.824. The molecule has 24 heavy (non-hydrogen) atoms. The van der Waals surface area contributed by atoms with E-state index in [0.29, 0.717) is 11.5 Å². The molecule has 0 spiro atoms. The van der Waals surface area contributed by atoms with Crippen LogP contribution in [0.2, 0.25) is 0 Å². The second kappa shape index (κ2) is 10.9. The van der Waals surface area contributed by atoms with Crippen LogP contribution in [-0.2, 0) is 6.54 Å². The normalized spacial score (nSPS) is 18.0. The van der Waals surface area contributed by atoms with Gasteiger partial charge in [-0.25, -0.2) is 0 Å². The molecule has 0 unspecified atom stereocenters. The number of aromatic nitrogens is 3. The van der Waals surface area contributed by atoms with Crippen molar-refractivity contribution in [3.8, 4) is 0 Å². The van der Waals surface area contributed by atoms with Gasteiger partial charge in [-0.2, -0.15) is 0 Å². The molecule has 138 valence electrons. The molecule has 1 aliphatic carbocycles. The van der Waals surface area contributed by atoms with E-state index >= 15 is 0 Å². The van der Waals surface area contributed by atoms with Gasteiger partial charge in [0.05, 0.1) is 0 Å². The average Bonchev–Trinajstić information content (AvgIpc) is 3.02. The van der Waals surface area contributed by atoms with Crippen LogP contribution in [0.15, 0.2) is 17.6 Å². The van der Waals surface area contributed by atoms with Gasteiger partial charge in [0.15, 0.2) is 5.96 Å². The van der Waals surface area contributed by atoms with Crippen LogP contribution in [0.25, 0.3) is 0 Å². The van der Waals surface area contributed by atoms with Crippen LogP contribution in [0.1, 0.15) is 59.3 Å². The second-order valence-corrected chi connectivity index (χ2v) is 7.25. The fourth-order valence-corrected chi connectivity index (χ4v) is 2.99. The van der Waals surface area contributed by atoms with Crippen LogP contribution < -0.4 is 10.6 Å². The van der Waals surface area contributed by atoms with Gasteiger partial charge < -0.3 is 15.2 Å². The Morgan fingerprint density at radius 2 is 1.88 bits per heavy atom. The molecule has 2 N–H and O–H groups in total.